The number of rotatable bonds is 7. The van der Waals surface area contributed by atoms with E-state index in [1.807, 2.05) is 39.0 Å². The summed E-state index contributed by atoms with van der Waals surface area (Å²) in [7, 11) is 0. The first-order chi connectivity index (χ1) is 28.3. The second kappa shape index (κ2) is 23.2. The molecule has 0 spiro atoms. The van der Waals surface area contributed by atoms with Crippen molar-refractivity contribution in [3.63, 3.8) is 0 Å². The Morgan fingerprint density at radius 1 is 0.742 bits per heavy atom. The van der Waals surface area contributed by atoms with Gasteiger partial charge in [0.15, 0.2) is 17.3 Å². The maximum Gasteiger partial charge on any atom is 0.320 e. The maximum atomic E-state index is 12.7. The highest BCUT2D eigenvalue weighted by atomic mass is 35.5. The highest BCUT2D eigenvalue weighted by molar-refractivity contribution is 5.90. The van der Waals surface area contributed by atoms with E-state index in [1.54, 1.807) is 15.9 Å². The van der Waals surface area contributed by atoms with Crippen LogP contribution in [0.4, 0.5) is 10.7 Å². The average molecular weight is 888 g/mol. The molecule has 3 N–H and O–H groups in total. The number of hydrogen-bond acceptors (Lipinski definition) is 14. The Morgan fingerprint density at radius 2 is 1.24 bits per heavy atom. The summed E-state index contributed by atoms with van der Waals surface area (Å²) in [6, 6.07) is 6.92. The molecule has 16 nitrogen and oxygen atoms in total. The van der Waals surface area contributed by atoms with E-state index in [0.29, 0.717) is 56.7 Å². The molecule has 3 aliphatic rings. The van der Waals surface area contributed by atoms with Gasteiger partial charge in [0.05, 0.1) is 67.7 Å². The van der Waals surface area contributed by atoms with Gasteiger partial charge in [0.25, 0.3) is 0 Å². The number of nitrogen functional groups attached to an aromatic ring is 1. The number of urea groups is 1. The molecule has 3 saturated heterocycles. The Balaban J connectivity index is 0.000000309. The van der Waals surface area contributed by atoms with Gasteiger partial charge < -0.3 is 39.2 Å². The normalized spacial score (nSPS) is 17.9. The number of Topliss-reactive ketones (excluding diaryl/α,β-unsaturated/α-hetero) is 3. The fraction of sp³-hybridized carbons (Fsp3) is 0.689. The number of nitrogens with zero attached hydrogens (tertiary/aromatic N) is 6. The lowest BCUT2D eigenvalue weighted by atomic mass is 9.89. The van der Waals surface area contributed by atoms with Crippen molar-refractivity contribution in [3.8, 4) is 6.07 Å². The van der Waals surface area contributed by atoms with Crippen molar-refractivity contribution in [2.75, 3.05) is 45.1 Å². The first kappa shape index (κ1) is 53.5. The van der Waals surface area contributed by atoms with Crippen molar-refractivity contribution in [3.05, 3.63) is 46.8 Å². The minimum absolute atomic E-state index is 0. The van der Waals surface area contributed by atoms with E-state index in [1.165, 1.54) is 0 Å². The van der Waals surface area contributed by atoms with Gasteiger partial charge >= 0.3 is 6.03 Å². The number of hydrogen-bond donors (Lipinski definition) is 2. The number of anilines is 1. The topological polar surface area (TPSA) is 224 Å². The Hall–Kier alpha value is -4.59. The summed E-state index contributed by atoms with van der Waals surface area (Å²) in [5, 5.41) is 23.2. The monoisotopic (exact) mass is 887 g/mol. The zero-order valence-corrected chi connectivity index (χ0v) is 39.8. The van der Waals surface area contributed by atoms with Crippen LogP contribution in [0.5, 0.6) is 0 Å². The van der Waals surface area contributed by atoms with E-state index in [-0.39, 0.29) is 82.4 Å². The van der Waals surface area contributed by atoms with Crippen molar-refractivity contribution >= 4 is 41.7 Å². The Morgan fingerprint density at radius 3 is 1.63 bits per heavy atom. The fourth-order valence-electron chi connectivity index (χ4n) is 6.29. The van der Waals surface area contributed by atoms with E-state index < -0.39 is 0 Å². The molecule has 0 bridgehead atoms. The van der Waals surface area contributed by atoms with Crippen molar-refractivity contribution in [1.29, 1.82) is 5.26 Å². The third kappa shape index (κ3) is 16.9. The van der Waals surface area contributed by atoms with Crippen LogP contribution in [0.1, 0.15) is 144 Å². The van der Waals surface area contributed by atoms with Crippen LogP contribution >= 0.6 is 12.4 Å². The van der Waals surface area contributed by atoms with Crippen LogP contribution in [0.15, 0.2) is 31.8 Å². The summed E-state index contributed by atoms with van der Waals surface area (Å²) in [5.74, 6) is 1.86. The predicted octanol–water partition coefficient (Wildman–Crippen LogP) is 7.33. The molecule has 2 amide bonds. The van der Waals surface area contributed by atoms with Gasteiger partial charge in [0, 0.05) is 59.5 Å². The number of morpholine rings is 1. The van der Waals surface area contributed by atoms with Crippen molar-refractivity contribution in [1.82, 2.24) is 30.6 Å². The molecule has 6 heterocycles. The first-order valence-corrected chi connectivity index (χ1v) is 21.3. The predicted molar refractivity (Wildman–Crippen MR) is 238 cm³/mol. The number of ether oxygens (including phenoxy) is 1. The molecule has 3 aromatic rings. The summed E-state index contributed by atoms with van der Waals surface area (Å²) in [4.78, 5) is 51.7. The van der Waals surface area contributed by atoms with Gasteiger partial charge in [-0.15, -0.1) is 12.4 Å². The summed E-state index contributed by atoms with van der Waals surface area (Å²) in [5.41, 5.74) is 7.51. The molecule has 0 aliphatic carbocycles. The molecule has 2 atom stereocenters. The Bertz CT molecular complexity index is 1920. The molecule has 0 radical (unpaired) electrons. The second-order valence-electron chi connectivity index (χ2n) is 19.9. The number of ketones is 3. The molecular weight excluding hydrogens is 816 g/mol. The minimum atomic E-state index is -0.362. The summed E-state index contributed by atoms with van der Waals surface area (Å²) in [6.07, 6.45) is 4.16. The van der Waals surface area contributed by atoms with Gasteiger partial charge in [-0.25, -0.2) is 4.79 Å². The van der Waals surface area contributed by atoms with Crippen LogP contribution in [-0.2, 0) is 48.2 Å². The highest BCUT2D eigenvalue weighted by Gasteiger charge is 2.37. The molecule has 3 fully saturated rings. The van der Waals surface area contributed by atoms with Crippen LogP contribution in [0.3, 0.4) is 0 Å². The molecule has 62 heavy (non-hydrogen) atoms. The van der Waals surface area contributed by atoms with Gasteiger partial charge in [-0.05, 0) is 32.2 Å². The van der Waals surface area contributed by atoms with Gasteiger partial charge in [0.2, 0.25) is 5.88 Å². The SMILES string of the molecule is CC(C)(C)C(=O)CC#N.CC(C)(C)c1cc(CC(=O)[C@@H]2CCCN2)on1.CC(C)(C)c1cc(CC(=O)[C@@H]2CCCN2C(=O)N2CCOCC2)on1.CC(C)(C)c1cc(N)on1.Cl. The Labute approximate surface area is 373 Å². The Kier molecular flexibility index (Phi) is 20.0. The largest absolute Gasteiger partial charge is 0.378 e. The third-order valence-electron chi connectivity index (χ3n) is 10.3. The lowest BCUT2D eigenvalue weighted by molar-refractivity contribution is -0.125. The molecular formula is C45H71ClN8O8. The van der Waals surface area contributed by atoms with Crippen molar-refractivity contribution in [2.24, 2.45) is 5.41 Å². The van der Waals surface area contributed by atoms with Crippen LogP contribution < -0.4 is 11.1 Å². The maximum absolute atomic E-state index is 12.7. The van der Waals surface area contributed by atoms with Gasteiger partial charge in [-0.2, -0.15) is 5.26 Å². The quantitative estimate of drug-likeness (QED) is 0.237. The number of likely N-dealkylation sites (tertiary alicyclic amines) is 1. The number of amides is 2. The number of carbonyl (C=O) groups excluding carboxylic acids is 4. The van der Waals surface area contributed by atoms with E-state index in [0.717, 1.165) is 49.3 Å². The zero-order chi connectivity index (χ0) is 45.8. The van der Waals surface area contributed by atoms with Crippen molar-refractivity contribution in [2.45, 2.75) is 156 Å². The molecule has 0 saturated carbocycles. The molecule has 6 rings (SSSR count). The number of nitriles is 1. The second-order valence-corrected chi connectivity index (χ2v) is 19.9. The zero-order valence-electron chi connectivity index (χ0n) is 39.0. The number of nitrogens with one attached hydrogen (secondary N) is 1. The van der Waals surface area contributed by atoms with E-state index in [2.05, 4.69) is 83.1 Å². The lowest BCUT2D eigenvalue weighted by Crippen LogP contribution is -2.51. The summed E-state index contributed by atoms with van der Waals surface area (Å²) in [6.45, 7) is 27.9. The molecule has 0 unspecified atom stereocenters. The van der Waals surface area contributed by atoms with Gasteiger partial charge in [-0.1, -0.05) is 98.6 Å². The summed E-state index contributed by atoms with van der Waals surface area (Å²) < 4.78 is 20.6. The van der Waals surface area contributed by atoms with Crippen LogP contribution in [0, 0.1) is 16.7 Å². The van der Waals surface area contributed by atoms with E-state index in [9.17, 15) is 19.2 Å². The third-order valence-corrected chi connectivity index (χ3v) is 10.3. The highest BCUT2D eigenvalue weighted by Crippen LogP contribution is 2.26. The molecule has 17 heteroatoms. The first-order valence-electron chi connectivity index (χ1n) is 21.3. The van der Waals surface area contributed by atoms with Crippen LogP contribution in [-0.4, -0.2) is 100 Å². The molecule has 3 aromatic heterocycles. The number of aromatic nitrogens is 3. The number of halogens is 1. The van der Waals surface area contributed by atoms with Crippen molar-refractivity contribution < 1.29 is 37.5 Å². The van der Waals surface area contributed by atoms with E-state index >= 15 is 0 Å². The number of carbonyl (C=O) groups is 4. The van der Waals surface area contributed by atoms with Crippen LogP contribution in [0.2, 0.25) is 0 Å². The lowest BCUT2D eigenvalue weighted by Gasteiger charge is -2.33. The summed E-state index contributed by atoms with van der Waals surface area (Å²) >= 11 is 0. The van der Waals surface area contributed by atoms with E-state index in [4.69, 9.17) is 29.3 Å². The fourth-order valence-corrected chi connectivity index (χ4v) is 6.29. The van der Waals surface area contributed by atoms with Gasteiger partial charge in [0.1, 0.15) is 11.5 Å². The smallest absolute Gasteiger partial charge is 0.320 e. The molecule has 3 aliphatic heterocycles. The minimum Gasteiger partial charge on any atom is -0.378 e. The van der Waals surface area contributed by atoms with Crippen LogP contribution in [0.25, 0.3) is 0 Å². The number of nitrogens with two attached hydrogens (primary N) is 1. The van der Waals surface area contributed by atoms with Gasteiger partial charge in [-0.3, -0.25) is 14.4 Å². The molecule has 0 aromatic carbocycles. The standard InChI is InChI=1S/C18H27N3O4.C13H20N2O2.C7H12N2O.C7H11NO.ClH/c1-18(2,3)16-12-13(25-19-16)11-15(22)14-5-4-6-21(14)17(23)20-7-9-24-10-8-20;1-13(2,3)12-8-9(17-15-12)7-11(16)10-5-4-6-14-10;1-7(2,3)5-4-6(8)10-9-5;1-7(2,3)6(9)4-5-8;/h12,14H,4-11H2,1-3H3;8,10,14H,4-7H2,1-3H3;4H,8H2,1-3H3;4H2,1-3H3;1H/t14-;10-;;;/m00.../s1. The average Bonchev–Trinajstić information content (AvgIpc) is 4.02. The molecule has 346 valence electrons.